The summed E-state index contributed by atoms with van der Waals surface area (Å²) in [6.07, 6.45) is 0. The maximum Gasteiger partial charge on any atom is 0.132 e. The molecule has 0 radical (unpaired) electrons. The molecule has 1 atom stereocenters. The van der Waals surface area contributed by atoms with Gasteiger partial charge in [-0.2, -0.15) is 0 Å². The van der Waals surface area contributed by atoms with Crippen LogP contribution in [0, 0.1) is 5.82 Å². The van der Waals surface area contributed by atoms with E-state index >= 15 is 0 Å². The second-order valence-electron chi connectivity index (χ2n) is 4.35. The molecule has 2 nitrogen and oxygen atoms in total. The lowest BCUT2D eigenvalue weighted by Gasteiger charge is -2.19. The van der Waals surface area contributed by atoms with Crippen LogP contribution in [0.1, 0.15) is 18.5 Å². The number of halogens is 3. The summed E-state index contributed by atoms with van der Waals surface area (Å²) in [5.41, 5.74) is 1.23. The van der Waals surface area contributed by atoms with Crippen molar-refractivity contribution in [1.82, 2.24) is 0 Å². The third-order valence-corrected chi connectivity index (χ3v) is 3.71. The van der Waals surface area contributed by atoms with Crippen LogP contribution in [-0.2, 0) is 0 Å². The van der Waals surface area contributed by atoms with Crippen molar-refractivity contribution in [3.63, 3.8) is 0 Å². The molecule has 0 aliphatic carbocycles. The molecule has 0 aliphatic rings. The van der Waals surface area contributed by atoms with Crippen LogP contribution in [0.4, 0.5) is 10.1 Å². The van der Waals surface area contributed by atoms with Gasteiger partial charge in [0.25, 0.3) is 0 Å². The van der Waals surface area contributed by atoms with Crippen molar-refractivity contribution < 1.29 is 9.13 Å². The maximum absolute atomic E-state index is 14.0. The Labute approximate surface area is 127 Å². The largest absolute Gasteiger partial charge is 0.496 e. The molecule has 0 amide bonds. The maximum atomic E-state index is 14.0. The molecule has 20 heavy (non-hydrogen) atoms. The summed E-state index contributed by atoms with van der Waals surface area (Å²) in [4.78, 5) is 0. The molecule has 0 fully saturated rings. The van der Waals surface area contributed by atoms with Crippen molar-refractivity contribution in [2.24, 2.45) is 0 Å². The van der Waals surface area contributed by atoms with Gasteiger partial charge in [-0.1, -0.05) is 29.3 Å². The summed E-state index contributed by atoms with van der Waals surface area (Å²) in [5, 5.41) is 4.11. The summed E-state index contributed by atoms with van der Waals surface area (Å²) in [6.45, 7) is 1.85. The molecule has 1 N–H and O–H groups in total. The molecule has 5 heteroatoms. The number of anilines is 1. The molecule has 2 rings (SSSR count). The number of nitrogens with one attached hydrogen (secondary N) is 1. The zero-order valence-electron chi connectivity index (χ0n) is 11.1. The molecule has 0 heterocycles. The highest BCUT2D eigenvalue weighted by Gasteiger charge is 2.16. The van der Waals surface area contributed by atoms with Crippen LogP contribution in [0.2, 0.25) is 10.0 Å². The summed E-state index contributed by atoms with van der Waals surface area (Å²) in [6, 6.07) is 9.66. The highest BCUT2D eigenvalue weighted by Crippen LogP contribution is 2.32. The van der Waals surface area contributed by atoms with Crippen LogP contribution in [0.3, 0.4) is 0 Å². The first-order chi connectivity index (χ1) is 9.52. The Morgan fingerprint density at radius 3 is 2.55 bits per heavy atom. The fraction of sp³-hybridized carbons (Fsp3) is 0.200. The standard InChI is InChI=1S/C15H14Cl2FNO/c1-9(15-13(18)4-3-5-14(15)20-2)19-10-6-7-11(16)12(17)8-10/h3-9,19H,1-2H3. The molecule has 0 aliphatic heterocycles. The first kappa shape index (κ1) is 14.9. The van der Waals surface area contributed by atoms with E-state index in [4.69, 9.17) is 27.9 Å². The quantitative estimate of drug-likeness (QED) is 0.825. The van der Waals surface area contributed by atoms with Crippen molar-refractivity contribution in [2.75, 3.05) is 12.4 Å². The first-order valence-electron chi connectivity index (χ1n) is 6.07. The second-order valence-corrected chi connectivity index (χ2v) is 5.17. The molecule has 2 aromatic rings. The van der Waals surface area contributed by atoms with Gasteiger partial charge < -0.3 is 10.1 Å². The second kappa shape index (κ2) is 6.33. The van der Waals surface area contributed by atoms with E-state index in [1.807, 2.05) is 6.92 Å². The van der Waals surface area contributed by atoms with Crippen LogP contribution >= 0.6 is 23.2 Å². The molecular weight excluding hydrogens is 300 g/mol. The Kier molecular flexibility index (Phi) is 4.73. The number of rotatable bonds is 4. The smallest absolute Gasteiger partial charge is 0.132 e. The topological polar surface area (TPSA) is 21.3 Å². The van der Waals surface area contributed by atoms with Crippen molar-refractivity contribution in [1.29, 1.82) is 0 Å². The molecule has 0 bridgehead atoms. The van der Waals surface area contributed by atoms with Crippen LogP contribution < -0.4 is 10.1 Å². The Morgan fingerprint density at radius 2 is 1.90 bits per heavy atom. The average molecular weight is 314 g/mol. The van der Waals surface area contributed by atoms with Gasteiger partial charge in [0.2, 0.25) is 0 Å². The van der Waals surface area contributed by atoms with E-state index in [0.717, 1.165) is 5.69 Å². The van der Waals surface area contributed by atoms with Crippen LogP contribution in [0.15, 0.2) is 36.4 Å². The van der Waals surface area contributed by atoms with Gasteiger partial charge >= 0.3 is 0 Å². The lowest BCUT2D eigenvalue weighted by Crippen LogP contribution is -2.10. The van der Waals surface area contributed by atoms with Crippen LogP contribution in [0.25, 0.3) is 0 Å². The Balaban J connectivity index is 2.28. The van der Waals surface area contributed by atoms with E-state index in [2.05, 4.69) is 5.32 Å². The normalized spacial score (nSPS) is 12.1. The predicted molar refractivity (Wildman–Crippen MR) is 81.5 cm³/mol. The number of methoxy groups -OCH3 is 1. The SMILES string of the molecule is COc1cccc(F)c1C(C)Nc1ccc(Cl)c(Cl)c1. The fourth-order valence-corrected chi connectivity index (χ4v) is 2.32. The van der Waals surface area contributed by atoms with Gasteiger partial charge in [0.1, 0.15) is 11.6 Å². The third kappa shape index (κ3) is 3.17. The number of hydrogen-bond donors (Lipinski definition) is 1. The van der Waals surface area contributed by atoms with E-state index in [0.29, 0.717) is 21.4 Å². The zero-order valence-corrected chi connectivity index (χ0v) is 12.6. The molecule has 0 saturated heterocycles. The van der Waals surface area contributed by atoms with Gasteiger partial charge in [0, 0.05) is 5.69 Å². The molecule has 0 spiro atoms. The molecule has 0 aromatic heterocycles. The van der Waals surface area contributed by atoms with E-state index in [1.54, 1.807) is 30.3 Å². The number of hydrogen-bond acceptors (Lipinski definition) is 2. The molecule has 0 saturated carbocycles. The van der Waals surface area contributed by atoms with E-state index < -0.39 is 0 Å². The van der Waals surface area contributed by atoms with Gasteiger partial charge in [-0.3, -0.25) is 0 Å². The van der Waals surface area contributed by atoms with Crippen LogP contribution in [0.5, 0.6) is 5.75 Å². The summed E-state index contributed by atoms with van der Waals surface area (Å²) in [7, 11) is 1.52. The summed E-state index contributed by atoms with van der Waals surface area (Å²) >= 11 is 11.8. The lowest BCUT2D eigenvalue weighted by molar-refractivity contribution is 0.402. The van der Waals surface area contributed by atoms with Crippen molar-refractivity contribution in [3.05, 3.63) is 57.8 Å². The van der Waals surface area contributed by atoms with Crippen molar-refractivity contribution in [3.8, 4) is 5.75 Å². The van der Waals surface area contributed by atoms with E-state index in [-0.39, 0.29) is 11.9 Å². The highest BCUT2D eigenvalue weighted by molar-refractivity contribution is 6.42. The fourth-order valence-electron chi connectivity index (χ4n) is 2.02. The average Bonchev–Trinajstić information content (AvgIpc) is 2.42. The summed E-state index contributed by atoms with van der Waals surface area (Å²) < 4.78 is 19.2. The number of benzene rings is 2. The monoisotopic (exact) mass is 313 g/mol. The van der Waals surface area contributed by atoms with Gasteiger partial charge in [0.05, 0.1) is 28.8 Å². The minimum atomic E-state index is -0.315. The van der Waals surface area contributed by atoms with Gasteiger partial charge in [0.15, 0.2) is 0 Å². The Bertz CT molecular complexity index is 619. The minimum Gasteiger partial charge on any atom is -0.496 e. The lowest BCUT2D eigenvalue weighted by atomic mass is 10.1. The highest BCUT2D eigenvalue weighted by atomic mass is 35.5. The van der Waals surface area contributed by atoms with E-state index in [1.165, 1.54) is 13.2 Å². The van der Waals surface area contributed by atoms with Gasteiger partial charge in [-0.25, -0.2) is 4.39 Å². The predicted octanol–water partition coefficient (Wildman–Crippen LogP) is 5.31. The van der Waals surface area contributed by atoms with Crippen molar-refractivity contribution >= 4 is 28.9 Å². The van der Waals surface area contributed by atoms with Crippen LogP contribution in [-0.4, -0.2) is 7.11 Å². The molecule has 2 aromatic carbocycles. The van der Waals surface area contributed by atoms with Gasteiger partial charge in [-0.15, -0.1) is 0 Å². The zero-order chi connectivity index (χ0) is 14.7. The Morgan fingerprint density at radius 1 is 1.15 bits per heavy atom. The molecular formula is C15H14Cl2FNO. The van der Waals surface area contributed by atoms with Gasteiger partial charge in [-0.05, 0) is 37.3 Å². The summed E-state index contributed by atoms with van der Waals surface area (Å²) in [5.74, 6) is 0.189. The molecule has 106 valence electrons. The van der Waals surface area contributed by atoms with E-state index in [9.17, 15) is 4.39 Å². The third-order valence-electron chi connectivity index (χ3n) is 2.97. The van der Waals surface area contributed by atoms with Crippen molar-refractivity contribution in [2.45, 2.75) is 13.0 Å². The minimum absolute atomic E-state index is 0.275. The molecule has 1 unspecified atom stereocenters. The Hall–Kier alpha value is -1.45. The first-order valence-corrected chi connectivity index (χ1v) is 6.82. The number of ether oxygens (including phenoxy) is 1.